The van der Waals surface area contributed by atoms with E-state index in [9.17, 15) is 14.0 Å². The van der Waals surface area contributed by atoms with Crippen molar-refractivity contribution < 1.29 is 19.1 Å². The van der Waals surface area contributed by atoms with Gasteiger partial charge in [0.05, 0.1) is 16.6 Å². The minimum Gasteiger partial charge on any atom is -0.478 e. The average Bonchev–Trinajstić information content (AvgIpc) is 2.82. The van der Waals surface area contributed by atoms with E-state index < -0.39 is 17.7 Å². The van der Waals surface area contributed by atoms with Gasteiger partial charge in [0, 0.05) is 18.7 Å². The third kappa shape index (κ3) is 2.76. The molecule has 116 valence electrons. The molecule has 0 spiro atoms. The summed E-state index contributed by atoms with van der Waals surface area (Å²) in [6.45, 7) is 0. The van der Waals surface area contributed by atoms with E-state index in [1.165, 1.54) is 36.4 Å². The number of fused-ring (bicyclic) bond motifs is 1. The summed E-state index contributed by atoms with van der Waals surface area (Å²) in [5.41, 5.74) is 1.30. The molecule has 1 aromatic heterocycles. The molecule has 0 fully saturated rings. The van der Waals surface area contributed by atoms with E-state index in [0.717, 1.165) is 0 Å². The topological polar surface area (TPSA) is 84.2 Å². The molecule has 0 saturated heterocycles. The zero-order valence-corrected chi connectivity index (χ0v) is 12.1. The van der Waals surface area contributed by atoms with E-state index in [2.05, 4.69) is 10.3 Å². The van der Waals surface area contributed by atoms with Crippen LogP contribution in [0.15, 0.2) is 42.5 Å². The summed E-state index contributed by atoms with van der Waals surface area (Å²) in [5.74, 6) is -1.77. The maximum absolute atomic E-state index is 13.2. The van der Waals surface area contributed by atoms with E-state index in [0.29, 0.717) is 11.0 Å². The Labute approximate surface area is 130 Å². The van der Waals surface area contributed by atoms with Gasteiger partial charge < -0.3 is 9.67 Å². The molecule has 0 atom stereocenters. The van der Waals surface area contributed by atoms with Crippen molar-refractivity contribution in [3.63, 3.8) is 0 Å². The predicted molar refractivity (Wildman–Crippen MR) is 82.0 cm³/mol. The number of carboxylic acids is 1. The highest BCUT2D eigenvalue weighted by Gasteiger charge is 2.14. The maximum Gasteiger partial charge on any atom is 0.335 e. The number of aromatic carboxylic acids is 1. The summed E-state index contributed by atoms with van der Waals surface area (Å²) in [4.78, 5) is 27.4. The predicted octanol–water partition coefficient (Wildman–Crippen LogP) is 2.66. The number of imidazole rings is 1. The van der Waals surface area contributed by atoms with Crippen LogP contribution in [0.3, 0.4) is 0 Å². The first-order chi connectivity index (χ1) is 11.0. The van der Waals surface area contributed by atoms with Crippen LogP contribution in [0.2, 0.25) is 0 Å². The lowest BCUT2D eigenvalue weighted by atomic mass is 10.1. The Bertz CT molecular complexity index is 933. The van der Waals surface area contributed by atoms with Gasteiger partial charge >= 0.3 is 5.97 Å². The molecule has 0 bridgehead atoms. The molecule has 0 aliphatic carbocycles. The van der Waals surface area contributed by atoms with E-state index in [4.69, 9.17) is 5.11 Å². The van der Waals surface area contributed by atoms with Crippen molar-refractivity contribution in [2.75, 3.05) is 5.32 Å². The minimum atomic E-state index is -1.11. The van der Waals surface area contributed by atoms with Gasteiger partial charge in [0.15, 0.2) is 0 Å². The number of rotatable bonds is 3. The second-order valence-corrected chi connectivity index (χ2v) is 4.97. The third-order valence-electron chi connectivity index (χ3n) is 3.44. The van der Waals surface area contributed by atoms with Crippen LogP contribution in [0.5, 0.6) is 0 Å². The van der Waals surface area contributed by atoms with Crippen molar-refractivity contribution in [2.24, 2.45) is 7.05 Å². The molecule has 7 heteroatoms. The van der Waals surface area contributed by atoms with Crippen molar-refractivity contribution >= 4 is 28.9 Å². The van der Waals surface area contributed by atoms with E-state index in [-0.39, 0.29) is 17.1 Å². The Balaban J connectivity index is 1.92. The molecule has 3 rings (SSSR count). The fourth-order valence-electron chi connectivity index (χ4n) is 2.25. The van der Waals surface area contributed by atoms with Crippen molar-refractivity contribution in [3.05, 3.63) is 59.4 Å². The molecule has 23 heavy (non-hydrogen) atoms. The molecule has 0 saturated carbocycles. The van der Waals surface area contributed by atoms with Crippen LogP contribution in [-0.4, -0.2) is 26.5 Å². The standard InChI is InChI=1S/C16H12FN3O3/c1-20-13-6-5-11(17)8-12(13)18-16(20)19-14(21)9-3-2-4-10(7-9)15(22)23/h2-8H,1H3,(H,22,23)(H,18,19,21). The van der Waals surface area contributed by atoms with Gasteiger partial charge in [-0.15, -0.1) is 0 Å². The summed E-state index contributed by atoms with van der Waals surface area (Å²) in [5, 5.41) is 11.6. The van der Waals surface area contributed by atoms with Gasteiger partial charge in [-0.3, -0.25) is 10.1 Å². The number of carboxylic acid groups (broad SMARTS) is 1. The Kier molecular flexibility index (Phi) is 3.53. The fourth-order valence-corrected chi connectivity index (χ4v) is 2.25. The fraction of sp³-hybridized carbons (Fsp3) is 0.0625. The molecule has 2 N–H and O–H groups in total. The van der Waals surface area contributed by atoms with Gasteiger partial charge in [-0.2, -0.15) is 0 Å². The highest BCUT2D eigenvalue weighted by molar-refractivity contribution is 6.05. The summed E-state index contributed by atoms with van der Waals surface area (Å²) < 4.78 is 14.9. The maximum atomic E-state index is 13.2. The first-order valence-electron chi connectivity index (χ1n) is 6.72. The van der Waals surface area contributed by atoms with Crippen LogP contribution in [-0.2, 0) is 7.05 Å². The smallest absolute Gasteiger partial charge is 0.335 e. The molecule has 0 aliphatic rings. The molecular weight excluding hydrogens is 301 g/mol. The molecule has 0 aliphatic heterocycles. The van der Waals surface area contributed by atoms with Crippen LogP contribution in [0.1, 0.15) is 20.7 Å². The van der Waals surface area contributed by atoms with E-state index in [1.54, 1.807) is 17.7 Å². The summed E-state index contributed by atoms with van der Waals surface area (Å²) in [6, 6.07) is 9.82. The number of hydrogen-bond acceptors (Lipinski definition) is 3. The lowest BCUT2D eigenvalue weighted by Crippen LogP contribution is -2.15. The average molecular weight is 313 g/mol. The Morgan fingerprint density at radius 2 is 1.91 bits per heavy atom. The molecule has 0 radical (unpaired) electrons. The highest BCUT2D eigenvalue weighted by atomic mass is 19.1. The van der Waals surface area contributed by atoms with Crippen LogP contribution in [0.4, 0.5) is 10.3 Å². The van der Waals surface area contributed by atoms with Crippen LogP contribution >= 0.6 is 0 Å². The first-order valence-corrected chi connectivity index (χ1v) is 6.72. The third-order valence-corrected chi connectivity index (χ3v) is 3.44. The number of aromatic nitrogens is 2. The number of benzene rings is 2. The van der Waals surface area contributed by atoms with Gasteiger partial charge in [0.2, 0.25) is 5.95 Å². The molecular formula is C16H12FN3O3. The number of halogens is 1. The number of hydrogen-bond donors (Lipinski definition) is 2. The largest absolute Gasteiger partial charge is 0.478 e. The SMILES string of the molecule is Cn1c(NC(=O)c2cccc(C(=O)O)c2)nc2cc(F)ccc21. The van der Waals surface area contributed by atoms with Gasteiger partial charge in [-0.25, -0.2) is 14.2 Å². The first kappa shape index (κ1) is 14.7. The lowest BCUT2D eigenvalue weighted by molar-refractivity contribution is 0.0697. The molecule has 1 amide bonds. The quantitative estimate of drug-likeness (QED) is 0.778. The second-order valence-electron chi connectivity index (χ2n) is 4.97. The Hall–Kier alpha value is -3.22. The van der Waals surface area contributed by atoms with Crippen molar-refractivity contribution in [1.29, 1.82) is 0 Å². The van der Waals surface area contributed by atoms with Crippen molar-refractivity contribution in [2.45, 2.75) is 0 Å². The van der Waals surface area contributed by atoms with E-state index in [1.807, 2.05) is 0 Å². The Morgan fingerprint density at radius 3 is 2.65 bits per heavy atom. The lowest BCUT2D eigenvalue weighted by Gasteiger charge is -2.05. The summed E-state index contributed by atoms with van der Waals surface area (Å²) in [6.07, 6.45) is 0. The number of carbonyl (C=O) groups excluding carboxylic acids is 1. The number of anilines is 1. The molecule has 3 aromatic rings. The molecule has 0 unspecified atom stereocenters. The molecule has 1 heterocycles. The van der Waals surface area contributed by atoms with Crippen molar-refractivity contribution in [3.8, 4) is 0 Å². The summed E-state index contributed by atoms with van der Waals surface area (Å²) in [7, 11) is 1.69. The minimum absolute atomic E-state index is 0.0183. The second kappa shape index (κ2) is 5.53. The van der Waals surface area contributed by atoms with E-state index >= 15 is 0 Å². The number of amides is 1. The number of nitrogens with zero attached hydrogens (tertiary/aromatic N) is 2. The van der Waals surface area contributed by atoms with Gasteiger partial charge in [-0.1, -0.05) is 6.07 Å². The summed E-state index contributed by atoms with van der Waals surface area (Å²) >= 11 is 0. The zero-order valence-electron chi connectivity index (χ0n) is 12.1. The van der Waals surface area contributed by atoms with Gasteiger partial charge in [0.25, 0.3) is 5.91 Å². The number of nitrogens with one attached hydrogen (secondary N) is 1. The number of aryl methyl sites for hydroxylation is 1. The highest BCUT2D eigenvalue weighted by Crippen LogP contribution is 2.19. The normalized spacial score (nSPS) is 10.7. The monoisotopic (exact) mass is 313 g/mol. The zero-order chi connectivity index (χ0) is 16.6. The van der Waals surface area contributed by atoms with Crippen LogP contribution in [0, 0.1) is 5.82 Å². The molecule has 2 aromatic carbocycles. The van der Waals surface area contributed by atoms with Crippen LogP contribution in [0.25, 0.3) is 11.0 Å². The van der Waals surface area contributed by atoms with Crippen molar-refractivity contribution in [1.82, 2.24) is 9.55 Å². The Morgan fingerprint density at radius 1 is 1.17 bits per heavy atom. The van der Waals surface area contributed by atoms with Gasteiger partial charge in [0.1, 0.15) is 5.82 Å². The van der Waals surface area contributed by atoms with Gasteiger partial charge in [-0.05, 0) is 30.3 Å². The molecule has 6 nitrogen and oxygen atoms in total. The number of carbonyl (C=O) groups is 2. The van der Waals surface area contributed by atoms with Crippen LogP contribution < -0.4 is 5.32 Å².